The highest BCUT2D eigenvalue weighted by molar-refractivity contribution is 7.99. The van der Waals surface area contributed by atoms with E-state index < -0.39 is 0 Å². The van der Waals surface area contributed by atoms with Crippen LogP contribution in [-0.4, -0.2) is 28.2 Å². The molecule has 1 atom stereocenters. The van der Waals surface area contributed by atoms with E-state index in [0.717, 1.165) is 40.3 Å². The van der Waals surface area contributed by atoms with Gasteiger partial charge in [-0.25, -0.2) is 4.98 Å². The minimum atomic E-state index is 0.0118. The topological polar surface area (TPSA) is 67.0 Å². The van der Waals surface area contributed by atoms with Crippen LogP contribution in [0.5, 0.6) is 5.75 Å². The maximum atomic E-state index is 12.4. The number of carbonyl (C=O) groups excluding carboxylic acids is 1. The standard InChI is InChI=1S/C21H25N3O2S/c1-3-8-17(15-9-6-5-7-10-15)22-20(25)14-27-21-23-18-12-11-16(26-4-2)13-19(18)24-21/h5-7,9-13,17H,3-4,8,14H2,1-2H3,(H,22,25)(H,23,24)/t17-/m0/s1. The Morgan fingerprint density at radius 3 is 2.78 bits per heavy atom. The van der Waals surface area contributed by atoms with Crippen LogP contribution in [-0.2, 0) is 4.79 Å². The van der Waals surface area contributed by atoms with Crippen molar-refractivity contribution in [1.29, 1.82) is 0 Å². The second-order valence-corrected chi connectivity index (χ2v) is 7.23. The zero-order chi connectivity index (χ0) is 19.1. The maximum Gasteiger partial charge on any atom is 0.230 e. The lowest BCUT2D eigenvalue weighted by Gasteiger charge is -2.18. The minimum Gasteiger partial charge on any atom is -0.494 e. The van der Waals surface area contributed by atoms with Gasteiger partial charge in [0.05, 0.1) is 29.4 Å². The Hall–Kier alpha value is -2.47. The number of carbonyl (C=O) groups is 1. The van der Waals surface area contributed by atoms with Crippen molar-refractivity contribution in [2.24, 2.45) is 0 Å². The summed E-state index contributed by atoms with van der Waals surface area (Å²) >= 11 is 1.41. The van der Waals surface area contributed by atoms with Gasteiger partial charge in [-0.05, 0) is 31.0 Å². The van der Waals surface area contributed by atoms with Crippen molar-refractivity contribution in [2.75, 3.05) is 12.4 Å². The summed E-state index contributed by atoms with van der Waals surface area (Å²) in [7, 11) is 0. The molecule has 0 fully saturated rings. The molecule has 0 spiro atoms. The summed E-state index contributed by atoms with van der Waals surface area (Å²) in [4.78, 5) is 20.2. The summed E-state index contributed by atoms with van der Waals surface area (Å²) in [6.07, 6.45) is 1.93. The van der Waals surface area contributed by atoms with E-state index in [1.54, 1.807) is 0 Å². The predicted octanol–water partition coefficient (Wildman–Crippen LogP) is 4.71. The number of fused-ring (bicyclic) bond motifs is 1. The smallest absolute Gasteiger partial charge is 0.230 e. The van der Waals surface area contributed by atoms with E-state index in [9.17, 15) is 4.79 Å². The Labute approximate surface area is 163 Å². The highest BCUT2D eigenvalue weighted by Crippen LogP contribution is 2.24. The van der Waals surface area contributed by atoms with Gasteiger partial charge in [-0.2, -0.15) is 0 Å². The van der Waals surface area contributed by atoms with Gasteiger partial charge in [0.15, 0.2) is 5.16 Å². The number of aromatic amines is 1. The Morgan fingerprint density at radius 2 is 2.04 bits per heavy atom. The van der Waals surface area contributed by atoms with Crippen molar-refractivity contribution >= 4 is 28.7 Å². The minimum absolute atomic E-state index is 0.0118. The molecule has 3 rings (SSSR count). The first-order valence-electron chi connectivity index (χ1n) is 9.29. The predicted molar refractivity (Wildman–Crippen MR) is 110 cm³/mol. The number of amides is 1. The number of nitrogens with one attached hydrogen (secondary N) is 2. The molecule has 142 valence electrons. The van der Waals surface area contributed by atoms with Gasteiger partial charge >= 0.3 is 0 Å². The Bertz CT molecular complexity index is 880. The number of nitrogens with zero attached hydrogens (tertiary/aromatic N) is 1. The van der Waals surface area contributed by atoms with Crippen molar-refractivity contribution in [2.45, 2.75) is 37.9 Å². The van der Waals surface area contributed by atoms with E-state index in [1.165, 1.54) is 11.8 Å². The van der Waals surface area contributed by atoms with Crippen LogP contribution >= 0.6 is 11.8 Å². The molecule has 3 aromatic rings. The normalized spacial score (nSPS) is 12.1. The Balaban J connectivity index is 1.60. The van der Waals surface area contributed by atoms with Gasteiger partial charge < -0.3 is 15.0 Å². The first-order valence-corrected chi connectivity index (χ1v) is 10.3. The zero-order valence-corrected chi connectivity index (χ0v) is 16.5. The van der Waals surface area contributed by atoms with E-state index in [-0.39, 0.29) is 11.9 Å². The molecular weight excluding hydrogens is 358 g/mol. The van der Waals surface area contributed by atoms with Crippen LogP contribution < -0.4 is 10.1 Å². The number of hydrogen-bond donors (Lipinski definition) is 2. The van der Waals surface area contributed by atoms with Crippen molar-refractivity contribution < 1.29 is 9.53 Å². The molecule has 0 aliphatic rings. The van der Waals surface area contributed by atoms with Crippen molar-refractivity contribution in [3.63, 3.8) is 0 Å². The van der Waals surface area contributed by atoms with Gasteiger partial charge in [-0.1, -0.05) is 55.4 Å². The maximum absolute atomic E-state index is 12.4. The van der Waals surface area contributed by atoms with Crippen LogP contribution in [0.2, 0.25) is 0 Å². The molecule has 2 aromatic carbocycles. The van der Waals surface area contributed by atoms with Crippen LogP contribution in [0.4, 0.5) is 0 Å². The van der Waals surface area contributed by atoms with Crippen LogP contribution in [0, 0.1) is 0 Å². The number of ether oxygens (including phenoxy) is 1. The van der Waals surface area contributed by atoms with E-state index in [4.69, 9.17) is 4.74 Å². The molecular formula is C21H25N3O2S. The van der Waals surface area contributed by atoms with E-state index in [2.05, 4.69) is 34.3 Å². The quantitative estimate of drug-likeness (QED) is 0.525. The fourth-order valence-corrected chi connectivity index (χ4v) is 3.65. The second kappa shape index (κ2) is 9.46. The van der Waals surface area contributed by atoms with Crippen LogP contribution in [0.1, 0.15) is 38.3 Å². The van der Waals surface area contributed by atoms with Crippen molar-refractivity contribution in [1.82, 2.24) is 15.3 Å². The number of imidazole rings is 1. The number of thioether (sulfide) groups is 1. The van der Waals surface area contributed by atoms with Gasteiger partial charge in [0, 0.05) is 6.07 Å². The van der Waals surface area contributed by atoms with Gasteiger partial charge in [-0.15, -0.1) is 0 Å². The fraction of sp³-hybridized carbons (Fsp3) is 0.333. The monoisotopic (exact) mass is 383 g/mol. The van der Waals surface area contributed by atoms with Gasteiger partial charge in [0.2, 0.25) is 5.91 Å². The summed E-state index contributed by atoms with van der Waals surface area (Å²) in [5.74, 6) is 1.15. The largest absolute Gasteiger partial charge is 0.494 e. The first kappa shape index (κ1) is 19.3. The molecule has 5 nitrogen and oxygen atoms in total. The molecule has 1 heterocycles. The molecule has 0 saturated carbocycles. The third-order valence-corrected chi connectivity index (χ3v) is 5.07. The first-order chi connectivity index (χ1) is 13.2. The van der Waals surface area contributed by atoms with Gasteiger partial charge in [0.25, 0.3) is 0 Å². The highest BCUT2D eigenvalue weighted by Gasteiger charge is 2.14. The molecule has 0 radical (unpaired) electrons. The van der Waals surface area contributed by atoms with E-state index >= 15 is 0 Å². The summed E-state index contributed by atoms with van der Waals surface area (Å²) in [5, 5.41) is 3.88. The summed E-state index contributed by atoms with van der Waals surface area (Å²) in [6.45, 7) is 4.71. The van der Waals surface area contributed by atoms with Gasteiger partial charge in [0.1, 0.15) is 5.75 Å². The van der Waals surface area contributed by atoms with Crippen LogP contribution in [0.25, 0.3) is 11.0 Å². The molecule has 6 heteroatoms. The molecule has 0 saturated heterocycles. The summed E-state index contributed by atoms with van der Waals surface area (Å²) < 4.78 is 5.51. The molecule has 0 aliphatic heterocycles. The molecule has 0 bridgehead atoms. The van der Waals surface area contributed by atoms with E-state index in [0.29, 0.717) is 12.4 Å². The Morgan fingerprint density at radius 1 is 1.22 bits per heavy atom. The fourth-order valence-electron chi connectivity index (χ4n) is 2.96. The molecule has 0 aliphatic carbocycles. The number of benzene rings is 2. The molecule has 2 N–H and O–H groups in total. The van der Waals surface area contributed by atoms with Crippen LogP contribution in [0.3, 0.4) is 0 Å². The third kappa shape index (κ3) is 5.26. The van der Waals surface area contributed by atoms with Crippen molar-refractivity contribution in [3.8, 4) is 5.75 Å². The Kier molecular flexibility index (Phi) is 6.76. The number of H-pyrrole nitrogens is 1. The summed E-state index contributed by atoms with van der Waals surface area (Å²) in [5.41, 5.74) is 2.93. The summed E-state index contributed by atoms with van der Waals surface area (Å²) in [6, 6.07) is 15.9. The van der Waals surface area contributed by atoms with Gasteiger partial charge in [-0.3, -0.25) is 4.79 Å². The highest BCUT2D eigenvalue weighted by atomic mass is 32.2. The number of hydrogen-bond acceptors (Lipinski definition) is 4. The zero-order valence-electron chi connectivity index (χ0n) is 15.7. The lowest BCUT2D eigenvalue weighted by atomic mass is 10.0. The third-order valence-electron chi connectivity index (χ3n) is 4.20. The average molecular weight is 384 g/mol. The lowest BCUT2D eigenvalue weighted by molar-refractivity contribution is -0.119. The number of aromatic nitrogens is 2. The molecule has 27 heavy (non-hydrogen) atoms. The SMILES string of the molecule is CCC[C@H](NC(=O)CSc1nc2ccc(OCC)cc2[nH]1)c1ccccc1. The number of rotatable bonds is 9. The average Bonchev–Trinajstić information content (AvgIpc) is 3.09. The molecule has 1 aromatic heterocycles. The second-order valence-electron chi connectivity index (χ2n) is 6.26. The lowest BCUT2D eigenvalue weighted by Crippen LogP contribution is -2.29. The molecule has 0 unspecified atom stereocenters. The van der Waals surface area contributed by atoms with Crippen molar-refractivity contribution in [3.05, 3.63) is 54.1 Å². The molecule has 1 amide bonds. The van der Waals surface area contributed by atoms with E-state index in [1.807, 2.05) is 43.3 Å². The van der Waals surface area contributed by atoms with Crippen LogP contribution in [0.15, 0.2) is 53.7 Å².